The molecule has 0 saturated heterocycles. The van der Waals surface area contributed by atoms with Crippen molar-refractivity contribution in [3.63, 3.8) is 0 Å². The molecule has 0 spiro atoms. The number of Topliss-reactive ketones (excluding diaryl/α,β-unsaturated/α-hetero) is 1. The van der Waals surface area contributed by atoms with Gasteiger partial charge in [0.25, 0.3) is 10.0 Å². The first kappa shape index (κ1) is 23.8. The number of fused-ring (bicyclic) bond motifs is 1. The van der Waals surface area contributed by atoms with Gasteiger partial charge in [-0.2, -0.15) is 0 Å². The van der Waals surface area contributed by atoms with Crippen LogP contribution in [0, 0.1) is 5.82 Å². The zero-order chi connectivity index (χ0) is 24.5. The van der Waals surface area contributed by atoms with E-state index in [1.807, 2.05) is 6.92 Å². The Morgan fingerprint density at radius 1 is 1.00 bits per heavy atom. The van der Waals surface area contributed by atoms with Crippen molar-refractivity contribution in [2.24, 2.45) is 0 Å². The maximum atomic E-state index is 13.7. The van der Waals surface area contributed by atoms with Crippen LogP contribution in [0.2, 0.25) is 0 Å². The summed E-state index contributed by atoms with van der Waals surface area (Å²) in [5.74, 6) is -0.391. The Balaban J connectivity index is 1.49. The summed E-state index contributed by atoms with van der Waals surface area (Å²) in [6.07, 6.45) is 1.24. The fraction of sp³-hybridized carbons (Fsp3) is 0.200. The van der Waals surface area contributed by atoms with E-state index < -0.39 is 10.0 Å². The van der Waals surface area contributed by atoms with Crippen LogP contribution in [0.3, 0.4) is 0 Å². The number of hydrogen-bond acceptors (Lipinski definition) is 4. The van der Waals surface area contributed by atoms with E-state index >= 15 is 0 Å². The predicted molar refractivity (Wildman–Crippen MR) is 137 cm³/mol. The summed E-state index contributed by atoms with van der Waals surface area (Å²) >= 11 is 5.33. The van der Waals surface area contributed by atoms with Gasteiger partial charge in [-0.3, -0.25) is 9.10 Å². The molecule has 1 heterocycles. The van der Waals surface area contributed by atoms with E-state index in [4.69, 9.17) is 12.2 Å². The average Bonchev–Trinajstić information content (AvgIpc) is 2.79. The SMILES string of the molecule is CC(=O)c1ccc(NC(=S)Nc2ccc(S(=O)(=O)N3c4ccc(F)cc4CCC3C)cc2)cc1. The molecule has 9 heteroatoms. The molecule has 0 bridgehead atoms. The van der Waals surface area contributed by atoms with Gasteiger partial charge in [0.15, 0.2) is 10.9 Å². The highest BCUT2D eigenvalue weighted by Crippen LogP contribution is 2.36. The maximum Gasteiger partial charge on any atom is 0.264 e. The minimum Gasteiger partial charge on any atom is -0.332 e. The van der Waals surface area contributed by atoms with Crippen LogP contribution in [0.1, 0.15) is 36.2 Å². The summed E-state index contributed by atoms with van der Waals surface area (Å²) in [7, 11) is -3.84. The monoisotopic (exact) mass is 497 g/mol. The van der Waals surface area contributed by atoms with Crippen LogP contribution in [-0.4, -0.2) is 25.4 Å². The van der Waals surface area contributed by atoms with E-state index in [1.165, 1.54) is 41.6 Å². The molecule has 6 nitrogen and oxygen atoms in total. The third-order valence-corrected chi connectivity index (χ3v) is 7.88. The normalized spacial score (nSPS) is 15.4. The van der Waals surface area contributed by atoms with E-state index in [1.54, 1.807) is 36.4 Å². The van der Waals surface area contributed by atoms with Gasteiger partial charge in [-0.25, -0.2) is 12.8 Å². The van der Waals surface area contributed by atoms with Gasteiger partial charge in [-0.05, 0) is 111 Å². The molecule has 1 aliphatic rings. The van der Waals surface area contributed by atoms with Gasteiger partial charge in [-0.1, -0.05) is 0 Å². The van der Waals surface area contributed by atoms with Crippen molar-refractivity contribution in [3.05, 3.63) is 83.7 Å². The van der Waals surface area contributed by atoms with Crippen molar-refractivity contribution in [2.45, 2.75) is 37.6 Å². The number of rotatable bonds is 5. The number of carbonyl (C=O) groups excluding carboxylic acids is 1. The lowest BCUT2D eigenvalue weighted by atomic mass is 9.99. The number of carbonyl (C=O) groups is 1. The Morgan fingerprint density at radius 3 is 2.18 bits per heavy atom. The Morgan fingerprint density at radius 2 is 1.59 bits per heavy atom. The molecule has 0 radical (unpaired) electrons. The van der Waals surface area contributed by atoms with E-state index in [-0.39, 0.29) is 22.5 Å². The Kier molecular flexibility index (Phi) is 6.67. The van der Waals surface area contributed by atoms with E-state index in [9.17, 15) is 17.6 Å². The molecule has 2 N–H and O–H groups in total. The first-order valence-electron chi connectivity index (χ1n) is 10.8. The van der Waals surface area contributed by atoms with Crippen molar-refractivity contribution in [1.29, 1.82) is 0 Å². The number of sulfonamides is 1. The molecule has 0 amide bonds. The van der Waals surface area contributed by atoms with Crippen LogP contribution in [-0.2, 0) is 16.4 Å². The Hall–Kier alpha value is -3.30. The highest BCUT2D eigenvalue weighted by Gasteiger charge is 2.34. The summed E-state index contributed by atoms with van der Waals surface area (Å²) in [5.41, 5.74) is 3.15. The molecule has 0 fully saturated rings. The molecule has 0 saturated carbocycles. The number of aryl methyl sites for hydroxylation is 1. The number of thiocarbonyl (C=S) groups is 1. The predicted octanol–water partition coefficient (Wildman–Crippen LogP) is 5.37. The molecular weight excluding hydrogens is 473 g/mol. The fourth-order valence-corrected chi connectivity index (χ4v) is 5.92. The zero-order valence-electron chi connectivity index (χ0n) is 18.7. The second-order valence-corrected chi connectivity index (χ2v) is 10.4. The molecule has 1 unspecified atom stereocenters. The van der Waals surface area contributed by atoms with Crippen LogP contribution >= 0.6 is 12.2 Å². The lowest BCUT2D eigenvalue weighted by molar-refractivity contribution is 0.101. The minimum absolute atomic E-state index is 0.0168. The first-order valence-corrected chi connectivity index (χ1v) is 12.6. The number of benzene rings is 3. The van der Waals surface area contributed by atoms with Crippen LogP contribution in [0.15, 0.2) is 71.6 Å². The molecule has 3 aromatic carbocycles. The van der Waals surface area contributed by atoms with Gasteiger partial charge in [-0.15, -0.1) is 0 Å². The third kappa shape index (κ3) is 4.95. The molecule has 176 valence electrons. The second-order valence-electron chi connectivity index (χ2n) is 8.20. The lowest BCUT2D eigenvalue weighted by Gasteiger charge is -2.36. The number of anilines is 3. The highest BCUT2D eigenvalue weighted by molar-refractivity contribution is 7.92. The van der Waals surface area contributed by atoms with Gasteiger partial charge >= 0.3 is 0 Å². The van der Waals surface area contributed by atoms with E-state index in [0.29, 0.717) is 40.5 Å². The standard InChI is InChI=1S/C25H24FN3O3S2/c1-16-3-4-19-15-20(26)7-14-24(19)29(16)34(31,32)23-12-10-22(11-13-23)28-25(33)27-21-8-5-18(6-9-21)17(2)30/h5-16H,3-4H2,1-2H3,(H2,27,28,33). The van der Waals surface area contributed by atoms with E-state index in [0.717, 1.165) is 5.69 Å². The van der Waals surface area contributed by atoms with Gasteiger partial charge in [0.05, 0.1) is 10.6 Å². The first-order chi connectivity index (χ1) is 16.1. The molecule has 3 aromatic rings. The molecule has 1 atom stereocenters. The van der Waals surface area contributed by atoms with Crippen LogP contribution in [0.5, 0.6) is 0 Å². The van der Waals surface area contributed by atoms with Crippen molar-refractivity contribution < 1.29 is 17.6 Å². The van der Waals surface area contributed by atoms with Gasteiger partial charge in [0.1, 0.15) is 5.82 Å². The smallest absolute Gasteiger partial charge is 0.264 e. The maximum absolute atomic E-state index is 13.7. The number of ketones is 1. The molecule has 4 rings (SSSR count). The summed E-state index contributed by atoms with van der Waals surface area (Å²) < 4.78 is 41.9. The topological polar surface area (TPSA) is 78.5 Å². The van der Waals surface area contributed by atoms with Crippen LogP contribution in [0.25, 0.3) is 0 Å². The Labute approximate surface area is 203 Å². The van der Waals surface area contributed by atoms with E-state index in [2.05, 4.69) is 10.6 Å². The molecule has 0 aliphatic carbocycles. The van der Waals surface area contributed by atoms with Crippen LogP contribution in [0.4, 0.5) is 21.5 Å². The largest absolute Gasteiger partial charge is 0.332 e. The summed E-state index contributed by atoms with van der Waals surface area (Å²) in [4.78, 5) is 11.5. The summed E-state index contributed by atoms with van der Waals surface area (Å²) in [6.45, 7) is 3.36. The fourth-order valence-electron chi connectivity index (χ4n) is 3.96. The second kappa shape index (κ2) is 9.52. The molecular formula is C25H24FN3O3S2. The zero-order valence-corrected chi connectivity index (χ0v) is 20.3. The van der Waals surface area contributed by atoms with Gasteiger partial charge < -0.3 is 10.6 Å². The quantitative estimate of drug-likeness (QED) is 0.365. The van der Waals surface area contributed by atoms with Crippen molar-refractivity contribution >= 4 is 50.2 Å². The molecule has 1 aliphatic heterocycles. The third-order valence-electron chi connectivity index (χ3n) is 5.73. The van der Waals surface area contributed by atoms with Crippen molar-refractivity contribution in [2.75, 3.05) is 14.9 Å². The number of hydrogen-bond donors (Lipinski definition) is 2. The van der Waals surface area contributed by atoms with Crippen molar-refractivity contribution in [3.8, 4) is 0 Å². The average molecular weight is 498 g/mol. The minimum atomic E-state index is -3.84. The highest BCUT2D eigenvalue weighted by atomic mass is 32.2. The Bertz CT molecular complexity index is 1340. The van der Waals surface area contributed by atoms with Gasteiger partial charge in [0, 0.05) is 23.0 Å². The van der Waals surface area contributed by atoms with Crippen LogP contribution < -0.4 is 14.9 Å². The molecule has 34 heavy (non-hydrogen) atoms. The number of nitrogens with one attached hydrogen (secondary N) is 2. The lowest BCUT2D eigenvalue weighted by Crippen LogP contribution is -2.42. The summed E-state index contributed by atoms with van der Waals surface area (Å²) in [6, 6.07) is 17.2. The van der Waals surface area contributed by atoms with Gasteiger partial charge in [0.2, 0.25) is 0 Å². The number of halogens is 1. The molecule has 0 aromatic heterocycles. The van der Waals surface area contributed by atoms with Crippen molar-refractivity contribution in [1.82, 2.24) is 0 Å². The summed E-state index contributed by atoms with van der Waals surface area (Å²) in [5, 5.41) is 6.37. The number of nitrogens with zero attached hydrogens (tertiary/aromatic N) is 1.